The van der Waals surface area contributed by atoms with Gasteiger partial charge in [-0.1, -0.05) is 31.9 Å². The summed E-state index contributed by atoms with van der Waals surface area (Å²) in [7, 11) is 0. The van der Waals surface area contributed by atoms with Gasteiger partial charge >= 0.3 is 0 Å². The Balaban J connectivity index is 0.00000181. The van der Waals surface area contributed by atoms with E-state index in [9.17, 15) is 4.79 Å². The molecule has 1 unspecified atom stereocenters. The maximum atomic E-state index is 12.8. The van der Waals surface area contributed by atoms with E-state index in [1.807, 2.05) is 36.8 Å². The van der Waals surface area contributed by atoms with Gasteiger partial charge in [0.1, 0.15) is 0 Å². The molecule has 4 rings (SSSR count). The second kappa shape index (κ2) is 12.2. The Morgan fingerprint density at radius 1 is 1.16 bits per heavy atom. The molecular weight excluding hydrogens is 445 g/mol. The predicted molar refractivity (Wildman–Crippen MR) is 130 cm³/mol. The third kappa shape index (κ3) is 6.71. The molecule has 0 bridgehead atoms. The van der Waals surface area contributed by atoms with Crippen LogP contribution in [0.3, 0.4) is 0 Å². The maximum absolute atomic E-state index is 12.8. The second-order valence-electron chi connectivity index (χ2n) is 8.76. The molecule has 174 valence electrons. The van der Waals surface area contributed by atoms with Crippen LogP contribution in [0, 0.1) is 17.2 Å². The Bertz CT molecular complexity index is 904. The standard InChI is InChI=1S/C24H31N5O.2ClH/c1-2-3-4-22-15-28(13-20-9-10-20)24(30)17-27(22)16-23-12-26-18-29(23)14-21-7-5-19(11-25)6-8-21;;/h5-8,12,18,20,22H,2-4,9-10,13-17H2,1H3;2*1H. The molecule has 2 fully saturated rings. The molecule has 1 aliphatic carbocycles. The summed E-state index contributed by atoms with van der Waals surface area (Å²) < 4.78 is 2.15. The number of rotatable bonds is 9. The summed E-state index contributed by atoms with van der Waals surface area (Å²) in [6.07, 6.45) is 9.84. The highest BCUT2D eigenvalue weighted by atomic mass is 35.5. The highest BCUT2D eigenvalue weighted by Crippen LogP contribution is 2.31. The molecule has 1 aliphatic heterocycles. The fourth-order valence-corrected chi connectivity index (χ4v) is 4.27. The number of carbonyl (C=O) groups is 1. The average Bonchev–Trinajstić information content (AvgIpc) is 3.48. The SMILES string of the molecule is CCCCC1CN(CC2CC2)C(=O)CN1Cc1cncn1Cc1ccc(C#N)cc1.Cl.Cl. The molecule has 1 amide bonds. The van der Waals surface area contributed by atoms with Crippen LogP contribution in [-0.4, -0.2) is 50.9 Å². The van der Waals surface area contributed by atoms with Crippen LogP contribution in [0.15, 0.2) is 36.8 Å². The largest absolute Gasteiger partial charge is 0.340 e. The van der Waals surface area contributed by atoms with E-state index in [2.05, 4.69) is 32.3 Å². The van der Waals surface area contributed by atoms with Crippen molar-refractivity contribution in [1.82, 2.24) is 19.4 Å². The number of halogens is 2. The highest BCUT2D eigenvalue weighted by molar-refractivity contribution is 5.85. The number of amides is 1. The lowest BCUT2D eigenvalue weighted by Crippen LogP contribution is -2.56. The maximum Gasteiger partial charge on any atom is 0.236 e. The molecule has 8 heteroatoms. The molecule has 2 aromatic rings. The van der Waals surface area contributed by atoms with Gasteiger partial charge in [-0.05, 0) is 42.9 Å². The van der Waals surface area contributed by atoms with Crippen molar-refractivity contribution < 1.29 is 4.79 Å². The minimum Gasteiger partial charge on any atom is -0.340 e. The number of aromatic nitrogens is 2. The number of imidazole rings is 1. The zero-order valence-corrected chi connectivity index (χ0v) is 20.3. The van der Waals surface area contributed by atoms with Crippen molar-refractivity contribution in [1.29, 1.82) is 5.26 Å². The normalized spacial score (nSPS) is 18.6. The molecule has 2 aliphatic rings. The summed E-state index contributed by atoms with van der Waals surface area (Å²) in [6, 6.07) is 10.3. The van der Waals surface area contributed by atoms with Crippen LogP contribution >= 0.6 is 24.8 Å². The van der Waals surface area contributed by atoms with Crippen LogP contribution in [0.4, 0.5) is 0 Å². The monoisotopic (exact) mass is 477 g/mol. The van der Waals surface area contributed by atoms with Crippen LogP contribution < -0.4 is 0 Å². The van der Waals surface area contributed by atoms with Crippen LogP contribution in [-0.2, 0) is 17.9 Å². The van der Waals surface area contributed by atoms with Crippen LogP contribution in [0.2, 0.25) is 0 Å². The van der Waals surface area contributed by atoms with Gasteiger partial charge in [-0.25, -0.2) is 4.98 Å². The Morgan fingerprint density at radius 2 is 1.91 bits per heavy atom. The molecule has 1 saturated carbocycles. The summed E-state index contributed by atoms with van der Waals surface area (Å²) in [4.78, 5) is 21.6. The highest BCUT2D eigenvalue weighted by Gasteiger charge is 2.35. The molecule has 32 heavy (non-hydrogen) atoms. The first kappa shape index (κ1) is 26.2. The number of hydrogen-bond acceptors (Lipinski definition) is 4. The lowest BCUT2D eigenvalue weighted by molar-refractivity contribution is -0.139. The van der Waals surface area contributed by atoms with E-state index in [4.69, 9.17) is 5.26 Å². The first-order valence-electron chi connectivity index (χ1n) is 11.2. The molecule has 1 aromatic heterocycles. The predicted octanol–water partition coefficient (Wildman–Crippen LogP) is 4.26. The van der Waals surface area contributed by atoms with Crippen molar-refractivity contribution in [2.45, 2.75) is 58.2 Å². The lowest BCUT2D eigenvalue weighted by atomic mass is 10.0. The molecular formula is C24H33Cl2N5O. The molecule has 2 heterocycles. The molecule has 1 aromatic carbocycles. The summed E-state index contributed by atoms with van der Waals surface area (Å²) in [5.41, 5.74) is 2.94. The minimum absolute atomic E-state index is 0. The molecule has 1 atom stereocenters. The van der Waals surface area contributed by atoms with Crippen molar-refractivity contribution in [3.05, 3.63) is 53.6 Å². The fourth-order valence-electron chi connectivity index (χ4n) is 4.27. The minimum atomic E-state index is 0. The van der Waals surface area contributed by atoms with Gasteiger partial charge in [-0.2, -0.15) is 5.26 Å². The van der Waals surface area contributed by atoms with E-state index in [0.29, 0.717) is 18.2 Å². The van der Waals surface area contributed by atoms with E-state index in [-0.39, 0.29) is 30.7 Å². The number of hydrogen-bond donors (Lipinski definition) is 0. The van der Waals surface area contributed by atoms with Crippen molar-refractivity contribution in [3.8, 4) is 6.07 Å². The molecule has 0 radical (unpaired) electrons. The second-order valence-corrected chi connectivity index (χ2v) is 8.76. The average molecular weight is 478 g/mol. The van der Waals surface area contributed by atoms with Gasteiger partial charge in [0, 0.05) is 38.4 Å². The van der Waals surface area contributed by atoms with Gasteiger partial charge in [0.15, 0.2) is 0 Å². The van der Waals surface area contributed by atoms with E-state index in [1.54, 1.807) is 0 Å². The van der Waals surface area contributed by atoms with Crippen LogP contribution in [0.1, 0.15) is 55.8 Å². The van der Waals surface area contributed by atoms with E-state index in [0.717, 1.165) is 49.8 Å². The van der Waals surface area contributed by atoms with Crippen LogP contribution in [0.25, 0.3) is 0 Å². The Hall–Kier alpha value is -2.07. The van der Waals surface area contributed by atoms with Gasteiger partial charge in [0.25, 0.3) is 0 Å². The van der Waals surface area contributed by atoms with Crippen molar-refractivity contribution >= 4 is 30.7 Å². The smallest absolute Gasteiger partial charge is 0.236 e. The number of carbonyl (C=O) groups excluding carboxylic acids is 1. The molecule has 0 N–H and O–H groups in total. The zero-order valence-electron chi connectivity index (χ0n) is 18.7. The van der Waals surface area contributed by atoms with Gasteiger partial charge < -0.3 is 9.47 Å². The van der Waals surface area contributed by atoms with Gasteiger partial charge in [-0.15, -0.1) is 24.8 Å². The van der Waals surface area contributed by atoms with Crippen molar-refractivity contribution in [2.24, 2.45) is 5.92 Å². The number of unbranched alkanes of at least 4 members (excludes halogenated alkanes) is 1. The first-order chi connectivity index (χ1) is 14.7. The number of nitriles is 1. The molecule has 0 spiro atoms. The summed E-state index contributed by atoms with van der Waals surface area (Å²) in [5, 5.41) is 8.99. The van der Waals surface area contributed by atoms with Gasteiger partial charge in [0.05, 0.1) is 30.2 Å². The number of benzene rings is 1. The number of nitrogens with zero attached hydrogens (tertiary/aromatic N) is 5. The lowest BCUT2D eigenvalue weighted by Gasteiger charge is -2.41. The van der Waals surface area contributed by atoms with Crippen LogP contribution in [0.5, 0.6) is 0 Å². The van der Waals surface area contributed by atoms with Crippen molar-refractivity contribution in [3.63, 3.8) is 0 Å². The topological polar surface area (TPSA) is 65.2 Å². The Kier molecular flexibility index (Phi) is 10.0. The molecule has 1 saturated heterocycles. The van der Waals surface area contributed by atoms with Gasteiger partial charge in [0.2, 0.25) is 5.91 Å². The zero-order chi connectivity index (χ0) is 20.9. The summed E-state index contributed by atoms with van der Waals surface area (Å²) in [6.45, 7) is 6.00. The van der Waals surface area contributed by atoms with E-state index < -0.39 is 0 Å². The fraction of sp³-hybridized carbons (Fsp3) is 0.542. The summed E-state index contributed by atoms with van der Waals surface area (Å²) in [5.74, 6) is 1.01. The Morgan fingerprint density at radius 3 is 2.56 bits per heavy atom. The van der Waals surface area contributed by atoms with E-state index in [1.165, 1.54) is 25.7 Å². The summed E-state index contributed by atoms with van der Waals surface area (Å²) >= 11 is 0. The first-order valence-corrected chi connectivity index (χ1v) is 11.2. The van der Waals surface area contributed by atoms with Gasteiger partial charge in [-0.3, -0.25) is 9.69 Å². The number of piperazine rings is 1. The van der Waals surface area contributed by atoms with E-state index >= 15 is 0 Å². The molecule has 6 nitrogen and oxygen atoms in total. The quantitative estimate of drug-likeness (QED) is 0.540. The van der Waals surface area contributed by atoms with Crippen molar-refractivity contribution in [2.75, 3.05) is 19.6 Å². The third-order valence-corrected chi connectivity index (χ3v) is 6.30. The Labute approximate surface area is 203 Å². The third-order valence-electron chi connectivity index (χ3n) is 6.30.